The third-order valence-electron chi connectivity index (χ3n) is 11.4. The quantitative estimate of drug-likeness (QED) is 0.0336. The van der Waals surface area contributed by atoms with Crippen LogP contribution in [-0.2, 0) is 64.0 Å². The van der Waals surface area contributed by atoms with Gasteiger partial charge >= 0.3 is 17.9 Å². The minimum Gasteiger partial charge on any atom is -0.481 e. The van der Waals surface area contributed by atoms with Gasteiger partial charge in [0.2, 0.25) is 53.2 Å². The van der Waals surface area contributed by atoms with Crippen LogP contribution in [0.1, 0.15) is 72.3 Å². The number of nitrogens with one attached hydrogen (secondary N) is 9. The van der Waals surface area contributed by atoms with E-state index in [-0.39, 0.29) is 12.8 Å². The highest BCUT2D eigenvalue weighted by Crippen LogP contribution is 2.19. The lowest BCUT2D eigenvalue weighted by molar-refractivity contribution is -0.144. The molecule has 1 aromatic carbocycles. The van der Waals surface area contributed by atoms with E-state index in [1.807, 2.05) is 0 Å². The Morgan fingerprint density at radius 1 is 0.597 bits per heavy atom. The van der Waals surface area contributed by atoms with Gasteiger partial charge in [0.15, 0.2) is 0 Å². The molecule has 2 aromatic rings. The largest absolute Gasteiger partial charge is 0.481 e. The van der Waals surface area contributed by atoms with Crippen molar-refractivity contribution in [2.75, 3.05) is 13.2 Å². The molecule has 0 bridgehead atoms. The van der Waals surface area contributed by atoms with E-state index in [0.717, 1.165) is 17.8 Å². The number of benzene rings is 1. The van der Waals surface area contributed by atoms with E-state index in [1.54, 1.807) is 44.3 Å². The number of carboxylic acids is 3. The molecular weight excluding hydrogens is 955 g/mol. The third-order valence-corrected chi connectivity index (χ3v) is 11.4. The Morgan fingerprint density at radius 2 is 1.07 bits per heavy atom. The molecule has 0 aliphatic heterocycles. The number of hydrogen-bond acceptors (Lipinski definition) is 15. The average molecular weight is 1020 g/mol. The summed E-state index contributed by atoms with van der Waals surface area (Å²) in [6, 6.07) is -6.43. The van der Waals surface area contributed by atoms with E-state index < -0.39 is 170 Å². The fourth-order valence-electron chi connectivity index (χ4n) is 6.89. The summed E-state index contributed by atoms with van der Waals surface area (Å²) in [6.07, 6.45) is -2.52. The molecular formula is C44H65N11O17. The van der Waals surface area contributed by atoms with Crippen molar-refractivity contribution in [2.45, 2.75) is 128 Å². The molecule has 0 aliphatic carbocycles. The van der Waals surface area contributed by atoms with E-state index in [4.69, 9.17) is 11.5 Å². The molecule has 1 heterocycles. The number of amides is 9. The summed E-state index contributed by atoms with van der Waals surface area (Å²) in [5.41, 5.74) is 12.8. The number of hydrogen-bond donors (Lipinski definition) is 16. The summed E-state index contributed by atoms with van der Waals surface area (Å²) in [4.78, 5) is 156. The molecule has 28 nitrogen and oxygen atoms in total. The van der Waals surface area contributed by atoms with Crippen LogP contribution >= 0.6 is 0 Å². The van der Waals surface area contributed by atoms with E-state index in [9.17, 15) is 83.1 Å². The van der Waals surface area contributed by atoms with E-state index in [0.29, 0.717) is 12.0 Å². The number of fused-ring (bicyclic) bond motifs is 1. The molecule has 0 unspecified atom stereocenters. The highest BCUT2D eigenvalue weighted by Gasteiger charge is 2.38. The van der Waals surface area contributed by atoms with Crippen molar-refractivity contribution in [2.24, 2.45) is 23.3 Å². The summed E-state index contributed by atoms with van der Waals surface area (Å²) in [7, 11) is 0. The second kappa shape index (κ2) is 28.8. The van der Waals surface area contributed by atoms with Crippen LogP contribution < -0.4 is 54.0 Å². The first kappa shape index (κ1) is 60.4. The van der Waals surface area contributed by atoms with Crippen LogP contribution in [0.5, 0.6) is 0 Å². The van der Waals surface area contributed by atoms with Crippen molar-refractivity contribution in [3.63, 3.8) is 0 Å². The predicted octanol–water partition coefficient (Wildman–Crippen LogP) is -5.08. The molecule has 9 amide bonds. The summed E-state index contributed by atoms with van der Waals surface area (Å²) >= 11 is 0. The van der Waals surface area contributed by atoms with Crippen molar-refractivity contribution >= 4 is 82.0 Å². The van der Waals surface area contributed by atoms with Gasteiger partial charge in [0.05, 0.1) is 44.6 Å². The first-order valence-electron chi connectivity index (χ1n) is 22.7. The van der Waals surface area contributed by atoms with Crippen LogP contribution in [0.25, 0.3) is 10.9 Å². The van der Waals surface area contributed by atoms with Gasteiger partial charge in [-0.05, 0) is 36.8 Å². The maximum absolute atomic E-state index is 13.7. The SMILES string of the molecule is CC[C@H](C)[C@H](NC(=O)[C@H](CC(N)=O)NC(=O)[C@H](CC(=O)O)NC(=O)[C@@H](NC(=O)[C@@H](NC(=O)[C@H](CO)NC(=O)CNC(=O)[C@H](CC(=O)O)NC(=O)[C@@H](N)Cc1c[nH]c2ccccc12)[C@@H](C)O)[C@@H](C)CC)C(=O)O. The fraction of sp³-hybridized carbons (Fsp3) is 0.545. The van der Waals surface area contributed by atoms with Gasteiger partial charge in [-0.3, -0.25) is 52.7 Å². The van der Waals surface area contributed by atoms with Crippen LogP contribution in [-0.4, -0.2) is 169 Å². The Kier molecular flexibility index (Phi) is 24.2. The van der Waals surface area contributed by atoms with Crippen molar-refractivity contribution in [3.8, 4) is 0 Å². The number of aliphatic carboxylic acids is 3. The van der Waals surface area contributed by atoms with Crippen molar-refractivity contribution in [1.82, 2.24) is 47.5 Å². The zero-order valence-electron chi connectivity index (χ0n) is 40.2. The summed E-state index contributed by atoms with van der Waals surface area (Å²) in [6.45, 7) is 5.23. The fourth-order valence-corrected chi connectivity index (χ4v) is 6.89. The second-order valence-corrected chi connectivity index (χ2v) is 17.0. The maximum atomic E-state index is 13.7. The van der Waals surface area contributed by atoms with Gasteiger partial charge in [-0.1, -0.05) is 58.7 Å². The lowest BCUT2D eigenvalue weighted by Gasteiger charge is -2.30. The molecule has 0 saturated heterocycles. The standard InChI is InChI=1S/C44H65N11O17/c1-6-19(3)34(42(69)52-28(15-33(62)63)39(66)51-26(13-30(46)58)40(67)54-35(44(71)72)20(4)7-2)53-43(70)36(21(5)57)55-41(68)29(18-56)49-31(59)17-48-38(65)27(14-32(60)61)50-37(64)24(45)12-22-16-47-25-11-9-8-10-23(22)25/h8-11,16,19-21,24,26-29,34-36,47,56-57H,6-7,12-15,17-18,45H2,1-5H3,(H2,46,58)(H,48,65)(H,49,59)(H,50,64)(H,51,66)(H,52,69)(H,53,70)(H,54,67)(H,55,68)(H,60,61)(H,62,63)(H,71,72)/t19-,20-,21+,24-,26-,27-,28-,29-,34-,35-,36-/m0/s1. The number of carbonyl (C=O) groups is 12. The number of para-hydroxylation sites is 1. The Labute approximate surface area is 411 Å². The van der Waals surface area contributed by atoms with Crippen molar-refractivity contribution < 1.29 is 83.1 Å². The third kappa shape index (κ3) is 18.9. The number of carbonyl (C=O) groups excluding carboxylic acids is 9. The van der Waals surface area contributed by atoms with Gasteiger partial charge in [0, 0.05) is 17.1 Å². The molecule has 0 radical (unpaired) electrons. The summed E-state index contributed by atoms with van der Waals surface area (Å²) in [5, 5.41) is 67.3. The number of aromatic nitrogens is 1. The number of aliphatic hydroxyl groups is 2. The molecule has 398 valence electrons. The number of aliphatic hydroxyl groups excluding tert-OH is 2. The molecule has 0 saturated carbocycles. The number of aromatic amines is 1. The van der Waals surface area contributed by atoms with Crippen LogP contribution in [0.4, 0.5) is 0 Å². The normalized spacial score (nSPS) is 15.7. The zero-order chi connectivity index (χ0) is 54.6. The van der Waals surface area contributed by atoms with Crippen LogP contribution in [0.3, 0.4) is 0 Å². The number of rotatable bonds is 31. The number of nitrogens with two attached hydrogens (primary N) is 2. The molecule has 0 fully saturated rings. The molecule has 11 atom stereocenters. The van der Waals surface area contributed by atoms with Crippen LogP contribution in [0, 0.1) is 11.8 Å². The van der Waals surface area contributed by atoms with Crippen molar-refractivity contribution in [3.05, 3.63) is 36.0 Å². The molecule has 28 heteroatoms. The first-order valence-corrected chi connectivity index (χ1v) is 22.7. The monoisotopic (exact) mass is 1020 g/mol. The number of carboxylic acid groups (broad SMARTS) is 3. The highest BCUT2D eigenvalue weighted by atomic mass is 16.4. The average Bonchev–Trinajstić information content (AvgIpc) is 3.72. The molecule has 72 heavy (non-hydrogen) atoms. The minimum absolute atomic E-state index is 0.0101. The predicted molar refractivity (Wildman–Crippen MR) is 250 cm³/mol. The number of primary amides is 1. The van der Waals surface area contributed by atoms with Gasteiger partial charge in [-0.2, -0.15) is 0 Å². The maximum Gasteiger partial charge on any atom is 0.326 e. The van der Waals surface area contributed by atoms with Gasteiger partial charge in [-0.15, -0.1) is 0 Å². The number of H-pyrrole nitrogens is 1. The minimum atomic E-state index is -1.99. The lowest BCUT2D eigenvalue weighted by Crippen LogP contribution is -2.63. The van der Waals surface area contributed by atoms with Gasteiger partial charge in [0.1, 0.15) is 42.3 Å². The highest BCUT2D eigenvalue weighted by molar-refractivity contribution is 5.99. The molecule has 18 N–H and O–H groups in total. The zero-order valence-corrected chi connectivity index (χ0v) is 40.2. The lowest BCUT2D eigenvalue weighted by atomic mass is 9.96. The summed E-state index contributed by atoms with van der Waals surface area (Å²) in [5.74, 6) is -16.4. The molecule has 0 spiro atoms. The first-order chi connectivity index (χ1) is 33.7. The smallest absolute Gasteiger partial charge is 0.326 e. The van der Waals surface area contributed by atoms with Gasteiger partial charge in [-0.25, -0.2) is 4.79 Å². The Balaban J connectivity index is 2.16. The van der Waals surface area contributed by atoms with E-state index >= 15 is 0 Å². The van der Waals surface area contributed by atoms with Crippen LogP contribution in [0.2, 0.25) is 0 Å². The van der Waals surface area contributed by atoms with Gasteiger partial charge in [0.25, 0.3) is 0 Å². The Morgan fingerprint density at radius 3 is 1.61 bits per heavy atom. The Hall–Kier alpha value is -7.72. The van der Waals surface area contributed by atoms with Crippen LogP contribution in [0.15, 0.2) is 30.5 Å². The van der Waals surface area contributed by atoms with Crippen molar-refractivity contribution in [1.29, 1.82) is 0 Å². The van der Waals surface area contributed by atoms with E-state index in [2.05, 4.69) is 47.5 Å². The van der Waals surface area contributed by atoms with E-state index in [1.165, 1.54) is 13.8 Å². The molecule has 2 rings (SSSR count). The molecule has 1 aromatic heterocycles. The second-order valence-electron chi connectivity index (χ2n) is 17.0. The molecule has 0 aliphatic rings. The Bertz CT molecular complexity index is 2310. The topological polar surface area (TPSA) is 470 Å². The van der Waals surface area contributed by atoms with Gasteiger partial charge < -0.3 is 84.5 Å². The summed E-state index contributed by atoms with van der Waals surface area (Å²) < 4.78 is 0.